The fourth-order valence-electron chi connectivity index (χ4n) is 3.67. The van der Waals surface area contributed by atoms with Gasteiger partial charge < -0.3 is 16.0 Å². The molecule has 0 aliphatic heterocycles. The number of guanidine groups is 1. The third kappa shape index (κ3) is 6.09. The largest absolute Gasteiger partial charge is 0.357 e. The van der Waals surface area contributed by atoms with Gasteiger partial charge in [-0.05, 0) is 57.6 Å². The van der Waals surface area contributed by atoms with Crippen molar-refractivity contribution in [1.82, 2.24) is 16.0 Å². The summed E-state index contributed by atoms with van der Waals surface area (Å²) in [5, 5.41) is 10.3. The zero-order valence-electron chi connectivity index (χ0n) is 16.4. The molecule has 0 aromatic heterocycles. The van der Waals surface area contributed by atoms with E-state index in [0.29, 0.717) is 35.6 Å². The molecule has 7 heteroatoms. The van der Waals surface area contributed by atoms with Crippen LogP contribution in [-0.4, -0.2) is 37.0 Å². The molecule has 3 N–H and O–H groups in total. The summed E-state index contributed by atoms with van der Waals surface area (Å²) in [4.78, 5) is 16.9. The lowest BCUT2D eigenvalue weighted by atomic mass is 9.85. The van der Waals surface area contributed by atoms with Gasteiger partial charge >= 0.3 is 0 Å². The second-order valence-electron chi connectivity index (χ2n) is 7.70. The number of rotatable bonds is 7. The number of carbonyl (C=O) groups is 1. The van der Waals surface area contributed by atoms with Crippen molar-refractivity contribution < 1.29 is 9.18 Å². The Morgan fingerprint density at radius 1 is 1.21 bits per heavy atom. The van der Waals surface area contributed by atoms with Gasteiger partial charge in [-0.25, -0.2) is 4.39 Å². The van der Waals surface area contributed by atoms with Crippen molar-refractivity contribution in [2.45, 2.75) is 64.0 Å². The first-order chi connectivity index (χ1) is 13.6. The minimum Gasteiger partial charge on any atom is -0.357 e. The summed E-state index contributed by atoms with van der Waals surface area (Å²) in [5.41, 5.74) is 0.498. The molecular formula is C21H30ClFN4O. The summed E-state index contributed by atoms with van der Waals surface area (Å²) in [7, 11) is 0. The van der Waals surface area contributed by atoms with Gasteiger partial charge in [0.15, 0.2) is 5.96 Å². The minimum absolute atomic E-state index is 0.0759. The van der Waals surface area contributed by atoms with Crippen LogP contribution in [0.1, 0.15) is 51.0 Å². The molecule has 0 bridgehead atoms. The van der Waals surface area contributed by atoms with E-state index in [1.807, 2.05) is 6.92 Å². The Hall–Kier alpha value is -1.82. The van der Waals surface area contributed by atoms with Crippen LogP contribution in [0, 0.1) is 11.7 Å². The van der Waals surface area contributed by atoms with Gasteiger partial charge in [0, 0.05) is 41.7 Å². The molecular weight excluding hydrogens is 379 g/mol. The van der Waals surface area contributed by atoms with E-state index < -0.39 is 0 Å². The van der Waals surface area contributed by atoms with Crippen LogP contribution >= 0.6 is 11.6 Å². The molecule has 1 aromatic rings. The van der Waals surface area contributed by atoms with E-state index in [9.17, 15) is 9.18 Å². The Morgan fingerprint density at radius 2 is 2.04 bits per heavy atom. The molecule has 1 amide bonds. The Morgan fingerprint density at radius 3 is 2.75 bits per heavy atom. The van der Waals surface area contributed by atoms with E-state index in [-0.39, 0.29) is 23.7 Å². The van der Waals surface area contributed by atoms with E-state index in [1.54, 1.807) is 12.1 Å². The molecule has 28 heavy (non-hydrogen) atoms. The molecule has 2 fully saturated rings. The van der Waals surface area contributed by atoms with Crippen molar-refractivity contribution in [1.29, 1.82) is 0 Å². The van der Waals surface area contributed by atoms with Crippen LogP contribution in [0.15, 0.2) is 23.2 Å². The number of carbonyl (C=O) groups excluding carboxylic acids is 1. The number of hydrogen-bond acceptors (Lipinski definition) is 2. The normalized spacial score (nSPS) is 22.6. The average Bonchev–Trinajstić information content (AvgIpc) is 3.48. The number of nitrogens with one attached hydrogen (secondary N) is 3. The lowest BCUT2D eigenvalue weighted by Crippen LogP contribution is -2.47. The third-order valence-corrected chi connectivity index (χ3v) is 5.70. The number of aliphatic imine (C=N–C) groups is 1. The molecule has 2 atom stereocenters. The number of hydrogen-bond donors (Lipinski definition) is 3. The molecule has 0 spiro atoms. The molecule has 0 radical (unpaired) electrons. The maximum atomic E-state index is 13.9. The van der Waals surface area contributed by atoms with Crippen LogP contribution < -0.4 is 16.0 Å². The molecule has 2 saturated carbocycles. The standard InChI is InChI=1S/C21H30ClFN4O/c1-2-24-21(25-12-11-17-18(22)7-4-8-19(17)23)27-16-6-3-5-14(13-16)20(28)26-15-9-10-15/h4,7-8,14-16H,2-3,5-6,9-13H2,1H3,(H,26,28)(H2,24,25,27). The highest BCUT2D eigenvalue weighted by Crippen LogP contribution is 2.27. The van der Waals surface area contributed by atoms with E-state index in [0.717, 1.165) is 45.1 Å². The molecule has 2 aliphatic rings. The van der Waals surface area contributed by atoms with Crippen LogP contribution in [0.25, 0.3) is 0 Å². The van der Waals surface area contributed by atoms with Crippen molar-refractivity contribution >= 4 is 23.5 Å². The van der Waals surface area contributed by atoms with Gasteiger partial charge in [0.25, 0.3) is 0 Å². The van der Waals surface area contributed by atoms with Crippen LogP contribution in [0.4, 0.5) is 4.39 Å². The molecule has 0 heterocycles. The molecule has 3 rings (SSSR count). The summed E-state index contributed by atoms with van der Waals surface area (Å²) >= 11 is 6.09. The highest BCUT2D eigenvalue weighted by molar-refractivity contribution is 6.31. The lowest BCUT2D eigenvalue weighted by Gasteiger charge is -2.30. The van der Waals surface area contributed by atoms with E-state index in [2.05, 4.69) is 20.9 Å². The first-order valence-corrected chi connectivity index (χ1v) is 10.7. The van der Waals surface area contributed by atoms with Gasteiger partial charge in [-0.1, -0.05) is 24.1 Å². The first kappa shape index (κ1) is 20.9. The average molecular weight is 409 g/mol. The van der Waals surface area contributed by atoms with Crippen molar-refractivity contribution in [2.24, 2.45) is 10.9 Å². The van der Waals surface area contributed by atoms with Crippen LogP contribution in [0.5, 0.6) is 0 Å². The fourth-order valence-corrected chi connectivity index (χ4v) is 3.93. The zero-order valence-corrected chi connectivity index (χ0v) is 17.2. The van der Waals surface area contributed by atoms with Gasteiger partial charge in [0.05, 0.1) is 0 Å². The predicted molar refractivity (Wildman–Crippen MR) is 111 cm³/mol. The zero-order chi connectivity index (χ0) is 19.9. The van der Waals surface area contributed by atoms with Gasteiger partial charge in [-0.2, -0.15) is 0 Å². The molecule has 1 aromatic carbocycles. The maximum Gasteiger partial charge on any atom is 0.223 e. The van der Waals surface area contributed by atoms with E-state index >= 15 is 0 Å². The summed E-state index contributed by atoms with van der Waals surface area (Å²) in [5.74, 6) is 0.692. The van der Waals surface area contributed by atoms with Gasteiger partial charge in [-0.3, -0.25) is 9.79 Å². The van der Waals surface area contributed by atoms with Gasteiger partial charge in [-0.15, -0.1) is 0 Å². The van der Waals surface area contributed by atoms with Gasteiger partial charge in [0.1, 0.15) is 5.82 Å². The number of nitrogens with zero attached hydrogens (tertiary/aromatic N) is 1. The minimum atomic E-state index is -0.294. The van der Waals surface area contributed by atoms with Crippen LogP contribution in [0.3, 0.4) is 0 Å². The van der Waals surface area contributed by atoms with E-state index in [1.165, 1.54) is 6.07 Å². The van der Waals surface area contributed by atoms with Crippen molar-refractivity contribution in [3.63, 3.8) is 0 Å². The van der Waals surface area contributed by atoms with E-state index in [4.69, 9.17) is 11.6 Å². The maximum absolute atomic E-state index is 13.9. The summed E-state index contributed by atoms with van der Waals surface area (Å²) in [6, 6.07) is 5.35. The second-order valence-corrected chi connectivity index (χ2v) is 8.11. The van der Waals surface area contributed by atoms with Crippen LogP contribution in [-0.2, 0) is 11.2 Å². The summed E-state index contributed by atoms with van der Waals surface area (Å²) in [6.45, 7) is 3.19. The quantitative estimate of drug-likeness (QED) is 0.478. The smallest absolute Gasteiger partial charge is 0.223 e. The van der Waals surface area contributed by atoms with Gasteiger partial charge in [0.2, 0.25) is 5.91 Å². The highest BCUT2D eigenvalue weighted by atomic mass is 35.5. The summed E-state index contributed by atoms with van der Waals surface area (Å²) in [6.07, 6.45) is 6.51. The Labute approximate surface area is 171 Å². The number of amides is 1. The molecule has 2 aliphatic carbocycles. The lowest BCUT2D eigenvalue weighted by molar-refractivity contribution is -0.126. The first-order valence-electron chi connectivity index (χ1n) is 10.3. The monoisotopic (exact) mass is 408 g/mol. The third-order valence-electron chi connectivity index (χ3n) is 5.35. The molecule has 154 valence electrons. The van der Waals surface area contributed by atoms with Crippen molar-refractivity contribution in [3.05, 3.63) is 34.6 Å². The number of halogens is 2. The molecule has 5 nitrogen and oxygen atoms in total. The Balaban J connectivity index is 1.54. The SMILES string of the molecule is CCNC(=NCCc1c(F)cccc1Cl)NC1CCCC(C(=O)NC2CC2)C1. The Bertz CT molecular complexity index is 687. The van der Waals surface area contributed by atoms with Crippen molar-refractivity contribution in [2.75, 3.05) is 13.1 Å². The highest BCUT2D eigenvalue weighted by Gasteiger charge is 2.31. The molecule has 2 unspecified atom stereocenters. The van der Waals surface area contributed by atoms with Crippen molar-refractivity contribution in [3.8, 4) is 0 Å². The Kier molecular flexibility index (Phi) is 7.54. The summed E-state index contributed by atoms with van der Waals surface area (Å²) < 4.78 is 13.9. The molecule has 0 saturated heterocycles. The van der Waals surface area contributed by atoms with Crippen LogP contribution in [0.2, 0.25) is 5.02 Å². The fraction of sp³-hybridized carbons (Fsp3) is 0.619. The number of benzene rings is 1. The second kappa shape index (κ2) is 10.1. The predicted octanol–water partition coefficient (Wildman–Crippen LogP) is 3.41. The topological polar surface area (TPSA) is 65.5 Å².